The number of hydrogen-bond donors (Lipinski definition) is 0. The van der Waals surface area contributed by atoms with Gasteiger partial charge in [-0.25, -0.2) is 17.6 Å². The number of ether oxygens (including phenoxy) is 3. The molecule has 1 fully saturated rings. The minimum atomic E-state index is -7.41. The van der Waals surface area contributed by atoms with Gasteiger partial charge < -0.3 is 14.2 Å². The van der Waals surface area contributed by atoms with Crippen LogP contribution in [0.3, 0.4) is 0 Å². The highest BCUT2D eigenvalue weighted by Crippen LogP contribution is 2.56. The van der Waals surface area contributed by atoms with E-state index in [9.17, 15) is 52.7 Å². The van der Waals surface area contributed by atoms with Gasteiger partial charge in [0.25, 0.3) is 12.8 Å². The lowest BCUT2D eigenvalue weighted by Crippen LogP contribution is -2.68. The van der Waals surface area contributed by atoms with Crippen molar-refractivity contribution in [1.82, 2.24) is 0 Å². The molecule has 4 unspecified atom stereocenters. The van der Waals surface area contributed by atoms with Crippen LogP contribution in [0.5, 0.6) is 0 Å². The molecule has 1 aliphatic heterocycles. The molecule has 0 N–H and O–H groups in total. The quantitative estimate of drug-likeness (QED) is 0.250. The van der Waals surface area contributed by atoms with Crippen LogP contribution in [0.15, 0.2) is 0 Å². The van der Waals surface area contributed by atoms with Crippen molar-refractivity contribution in [3.05, 3.63) is 0 Å². The van der Waals surface area contributed by atoms with Crippen molar-refractivity contribution in [1.29, 1.82) is 0 Å². The Bertz CT molecular complexity index is 511. The summed E-state index contributed by atoms with van der Waals surface area (Å²) in [6.45, 7) is 0.944. The summed E-state index contributed by atoms with van der Waals surface area (Å²) in [7, 11) is 0. The minimum absolute atomic E-state index is 0.180. The lowest BCUT2D eigenvalue weighted by atomic mass is 9.95. The predicted molar refractivity (Wildman–Crippen MR) is 66.4 cm³/mol. The molecule has 4 atom stereocenters. The average Bonchev–Trinajstić information content (AvgIpc) is 3.40. The standard InChI is InChI=1S/C13H14F12O3/c1-2-6(27-4-5-3-26-5)28-9(17)11(20,21)13(24,25)12(22,23)10(18,19)7(14)8(15)16/h5-9H,2-4H2,1H3. The molecule has 0 aromatic carbocycles. The highest BCUT2D eigenvalue weighted by molar-refractivity contribution is 5.07. The fourth-order valence-electron chi connectivity index (χ4n) is 1.74. The van der Waals surface area contributed by atoms with E-state index in [1.54, 1.807) is 0 Å². The summed E-state index contributed by atoms with van der Waals surface area (Å²) < 4.78 is 170. The van der Waals surface area contributed by atoms with Crippen LogP contribution in [-0.2, 0) is 14.2 Å². The van der Waals surface area contributed by atoms with E-state index < -0.39 is 61.5 Å². The fraction of sp³-hybridized carbons (Fsp3) is 1.00. The van der Waals surface area contributed by atoms with E-state index in [1.165, 1.54) is 0 Å². The van der Waals surface area contributed by atoms with Gasteiger partial charge in [0, 0.05) is 0 Å². The highest BCUT2D eigenvalue weighted by Gasteiger charge is 2.85. The van der Waals surface area contributed by atoms with Crippen molar-refractivity contribution >= 4 is 0 Å². The van der Waals surface area contributed by atoms with Gasteiger partial charge in [-0.1, -0.05) is 6.92 Å². The molecule has 1 aliphatic rings. The van der Waals surface area contributed by atoms with Gasteiger partial charge in [-0.05, 0) is 6.42 Å². The third kappa shape index (κ3) is 4.61. The van der Waals surface area contributed by atoms with Crippen LogP contribution >= 0.6 is 0 Å². The molecule has 0 bridgehead atoms. The minimum Gasteiger partial charge on any atom is -0.371 e. The monoisotopic (exact) mass is 446 g/mol. The normalized spacial score (nSPS) is 22.3. The summed E-state index contributed by atoms with van der Waals surface area (Å²) in [6.07, 6.45) is -17.7. The zero-order valence-electron chi connectivity index (χ0n) is 13.8. The molecule has 1 heterocycles. The summed E-state index contributed by atoms with van der Waals surface area (Å²) >= 11 is 0. The van der Waals surface area contributed by atoms with Crippen molar-refractivity contribution < 1.29 is 66.9 Å². The number of epoxide rings is 1. The van der Waals surface area contributed by atoms with Gasteiger partial charge in [-0.15, -0.1) is 0 Å². The summed E-state index contributed by atoms with van der Waals surface area (Å²) in [5.41, 5.74) is 0. The first kappa shape index (κ1) is 25.1. The first-order chi connectivity index (χ1) is 12.5. The molecular formula is C13H14F12O3. The van der Waals surface area contributed by atoms with E-state index in [2.05, 4.69) is 14.2 Å². The van der Waals surface area contributed by atoms with E-state index in [0.29, 0.717) is 0 Å². The number of alkyl halides is 12. The molecule has 0 aromatic heterocycles. The fourth-order valence-corrected chi connectivity index (χ4v) is 1.74. The van der Waals surface area contributed by atoms with Crippen LogP contribution in [0.4, 0.5) is 52.7 Å². The molecule has 0 aromatic rings. The van der Waals surface area contributed by atoms with Gasteiger partial charge in [0.2, 0.25) is 6.17 Å². The topological polar surface area (TPSA) is 31.0 Å². The molecule has 1 rings (SSSR count). The first-order valence-corrected chi connectivity index (χ1v) is 7.50. The third-order valence-corrected chi connectivity index (χ3v) is 3.56. The van der Waals surface area contributed by atoms with Crippen molar-refractivity contribution in [2.75, 3.05) is 13.2 Å². The Kier molecular flexibility index (Phi) is 7.54. The lowest BCUT2D eigenvalue weighted by Gasteiger charge is -2.38. The van der Waals surface area contributed by atoms with Crippen LogP contribution in [0, 0.1) is 0 Å². The first-order valence-electron chi connectivity index (χ1n) is 7.50. The van der Waals surface area contributed by atoms with Gasteiger partial charge in [-0.2, -0.15) is 35.1 Å². The molecule has 1 saturated heterocycles. The zero-order chi connectivity index (χ0) is 22.1. The van der Waals surface area contributed by atoms with Crippen LogP contribution < -0.4 is 0 Å². The average molecular weight is 446 g/mol. The number of hydrogen-bond acceptors (Lipinski definition) is 3. The number of rotatable bonds is 12. The summed E-state index contributed by atoms with van der Waals surface area (Å²) in [6, 6.07) is 0. The lowest BCUT2D eigenvalue weighted by molar-refractivity contribution is -0.410. The second kappa shape index (κ2) is 8.42. The molecule has 3 nitrogen and oxygen atoms in total. The van der Waals surface area contributed by atoms with Gasteiger partial charge in [0.05, 0.1) is 13.2 Å². The molecule has 28 heavy (non-hydrogen) atoms. The van der Waals surface area contributed by atoms with E-state index in [4.69, 9.17) is 0 Å². The second-order valence-corrected chi connectivity index (χ2v) is 5.71. The van der Waals surface area contributed by atoms with Crippen molar-refractivity contribution in [3.63, 3.8) is 0 Å². The molecule has 15 heteroatoms. The largest absolute Gasteiger partial charge is 0.383 e. The summed E-state index contributed by atoms with van der Waals surface area (Å²) in [5.74, 6) is -28.4. The Balaban J connectivity index is 3.02. The van der Waals surface area contributed by atoms with Gasteiger partial charge in [0.1, 0.15) is 6.10 Å². The number of halogens is 12. The Morgan fingerprint density at radius 2 is 1.36 bits per heavy atom. The summed E-state index contributed by atoms with van der Waals surface area (Å²) in [4.78, 5) is 0. The Labute approximate surface area is 149 Å². The van der Waals surface area contributed by atoms with Crippen LogP contribution in [0.25, 0.3) is 0 Å². The van der Waals surface area contributed by atoms with E-state index in [0.717, 1.165) is 6.92 Å². The maximum atomic E-state index is 13.5. The Hall–Kier alpha value is -0.960. The smallest absolute Gasteiger partial charge is 0.371 e. The molecule has 0 radical (unpaired) electrons. The predicted octanol–water partition coefficient (Wildman–Crippen LogP) is 4.59. The Morgan fingerprint density at radius 1 is 0.893 bits per heavy atom. The molecule has 168 valence electrons. The molecule has 0 spiro atoms. The van der Waals surface area contributed by atoms with Crippen LogP contribution in [0.1, 0.15) is 13.3 Å². The van der Waals surface area contributed by atoms with Crippen molar-refractivity contribution in [2.45, 2.75) is 68.4 Å². The third-order valence-electron chi connectivity index (χ3n) is 3.56. The van der Waals surface area contributed by atoms with Crippen LogP contribution in [-0.4, -0.2) is 68.3 Å². The van der Waals surface area contributed by atoms with E-state index >= 15 is 0 Å². The Morgan fingerprint density at radius 3 is 1.75 bits per heavy atom. The molecular weight excluding hydrogens is 432 g/mol. The van der Waals surface area contributed by atoms with Gasteiger partial charge in [0.15, 0.2) is 6.29 Å². The van der Waals surface area contributed by atoms with Gasteiger partial charge in [-0.3, -0.25) is 0 Å². The summed E-state index contributed by atoms with van der Waals surface area (Å²) in [5, 5.41) is 0. The maximum Gasteiger partial charge on any atom is 0.383 e. The van der Waals surface area contributed by atoms with E-state index in [-0.39, 0.29) is 13.2 Å². The SMILES string of the molecule is CCC(OCC1CO1)OC(F)C(F)(F)C(F)(F)C(F)(F)C(F)(F)C(F)C(F)F. The van der Waals surface area contributed by atoms with Crippen molar-refractivity contribution in [3.8, 4) is 0 Å². The molecule has 0 aliphatic carbocycles. The highest BCUT2D eigenvalue weighted by atomic mass is 19.4. The van der Waals surface area contributed by atoms with Crippen molar-refractivity contribution in [2.24, 2.45) is 0 Å². The van der Waals surface area contributed by atoms with E-state index in [1.807, 2.05) is 0 Å². The van der Waals surface area contributed by atoms with Crippen LogP contribution in [0.2, 0.25) is 0 Å². The zero-order valence-corrected chi connectivity index (χ0v) is 13.8. The molecule has 0 saturated carbocycles. The molecule has 0 amide bonds. The maximum absolute atomic E-state index is 13.5. The van der Waals surface area contributed by atoms with Gasteiger partial charge >= 0.3 is 23.7 Å². The second-order valence-electron chi connectivity index (χ2n) is 5.71.